The van der Waals surface area contributed by atoms with Crippen molar-refractivity contribution < 1.29 is 9.53 Å². The van der Waals surface area contributed by atoms with Gasteiger partial charge in [0.25, 0.3) is 0 Å². The van der Waals surface area contributed by atoms with Gasteiger partial charge in [0.05, 0.1) is 12.0 Å². The van der Waals surface area contributed by atoms with Crippen LogP contribution in [0.3, 0.4) is 0 Å². The molecule has 0 aromatic rings. The number of carbonyl (C=O) groups is 1. The van der Waals surface area contributed by atoms with Gasteiger partial charge in [0.1, 0.15) is 5.60 Å². The number of rotatable bonds is 0. The molecule has 18 heavy (non-hydrogen) atoms. The van der Waals surface area contributed by atoms with Crippen LogP contribution in [0.5, 0.6) is 0 Å². The third-order valence-electron chi connectivity index (χ3n) is 3.92. The molecule has 1 heterocycles. The summed E-state index contributed by atoms with van der Waals surface area (Å²) in [5, 5.41) is 9.16. The van der Waals surface area contributed by atoms with E-state index in [1.807, 2.05) is 25.7 Å². The number of nitriles is 1. The first-order valence-corrected chi connectivity index (χ1v) is 6.81. The average molecular weight is 250 g/mol. The fourth-order valence-electron chi connectivity index (χ4n) is 3.19. The number of amides is 1. The van der Waals surface area contributed by atoms with Crippen LogP contribution >= 0.6 is 0 Å². The van der Waals surface area contributed by atoms with Gasteiger partial charge in [-0.2, -0.15) is 5.26 Å². The standard InChI is InChI=1S/C14H22N2O2/c1-14(2,3)18-13(17)16-8-7-11-10(9-15)5-4-6-12(11)16/h10-12H,4-8H2,1-3H3/t10-,11-,12+/m0/s1. The van der Waals surface area contributed by atoms with Gasteiger partial charge in [0, 0.05) is 12.6 Å². The van der Waals surface area contributed by atoms with Crippen molar-refractivity contribution >= 4 is 6.09 Å². The molecule has 0 bridgehead atoms. The smallest absolute Gasteiger partial charge is 0.410 e. The summed E-state index contributed by atoms with van der Waals surface area (Å²) in [6.07, 6.45) is 3.77. The maximum atomic E-state index is 12.1. The van der Waals surface area contributed by atoms with Gasteiger partial charge in [-0.3, -0.25) is 0 Å². The number of hydrogen-bond donors (Lipinski definition) is 0. The van der Waals surface area contributed by atoms with Crippen LogP contribution in [0.2, 0.25) is 0 Å². The molecule has 0 aromatic heterocycles. The first-order valence-electron chi connectivity index (χ1n) is 6.81. The first kappa shape index (κ1) is 13.2. The normalized spacial score (nSPS) is 31.7. The van der Waals surface area contributed by atoms with Crippen LogP contribution in [0.15, 0.2) is 0 Å². The molecular formula is C14H22N2O2. The number of likely N-dealkylation sites (tertiary alicyclic amines) is 1. The van der Waals surface area contributed by atoms with E-state index in [-0.39, 0.29) is 18.1 Å². The highest BCUT2D eigenvalue weighted by Crippen LogP contribution is 2.40. The summed E-state index contributed by atoms with van der Waals surface area (Å²) in [7, 11) is 0. The van der Waals surface area contributed by atoms with Gasteiger partial charge in [-0.1, -0.05) is 6.42 Å². The Labute approximate surface area is 109 Å². The van der Waals surface area contributed by atoms with E-state index in [2.05, 4.69) is 6.07 Å². The lowest BCUT2D eigenvalue weighted by Crippen LogP contribution is -2.43. The van der Waals surface area contributed by atoms with Crippen molar-refractivity contribution in [3.05, 3.63) is 0 Å². The summed E-state index contributed by atoms with van der Waals surface area (Å²) in [5.74, 6) is 0.479. The molecule has 1 saturated heterocycles. The molecule has 1 aliphatic heterocycles. The van der Waals surface area contributed by atoms with Gasteiger partial charge < -0.3 is 9.64 Å². The van der Waals surface area contributed by atoms with Crippen LogP contribution in [0, 0.1) is 23.2 Å². The minimum atomic E-state index is -0.446. The van der Waals surface area contributed by atoms with E-state index in [0.717, 1.165) is 32.2 Å². The number of nitrogens with zero attached hydrogens (tertiary/aromatic N) is 2. The SMILES string of the molecule is CC(C)(C)OC(=O)N1CC[C@H]2[C@H](C#N)CCC[C@H]21. The zero-order valence-corrected chi connectivity index (χ0v) is 11.5. The molecule has 1 saturated carbocycles. The highest BCUT2D eigenvalue weighted by Gasteiger charge is 2.44. The Bertz CT molecular complexity index is 367. The topological polar surface area (TPSA) is 53.3 Å². The fourth-order valence-corrected chi connectivity index (χ4v) is 3.19. The second-order valence-electron chi connectivity index (χ2n) is 6.36. The first-order chi connectivity index (χ1) is 8.42. The minimum absolute atomic E-state index is 0.121. The van der Waals surface area contributed by atoms with Gasteiger partial charge >= 0.3 is 6.09 Å². The highest BCUT2D eigenvalue weighted by molar-refractivity contribution is 5.69. The highest BCUT2D eigenvalue weighted by atomic mass is 16.6. The summed E-state index contributed by atoms with van der Waals surface area (Å²) in [6, 6.07) is 2.62. The lowest BCUT2D eigenvalue weighted by molar-refractivity contribution is 0.0168. The van der Waals surface area contributed by atoms with Crippen LogP contribution in [0.25, 0.3) is 0 Å². The number of fused-ring (bicyclic) bond motifs is 1. The molecule has 2 rings (SSSR count). The maximum absolute atomic E-state index is 12.1. The molecular weight excluding hydrogens is 228 g/mol. The van der Waals surface area contributed by atoms with Crippen LogP contribution in [0.4, 0.5) is 4.79 Å². The molecule has 100 valence electrons. The molecule has 1 aliphatic carbocycles. The van der Waals surface area contributed by atoms with Crippen LogP contribution in [-0.4, -0.2) is 29.2 Å². The predicted molar refractivity (Wildman–Crippen MR) is 67.8 cm³/mol. The Kier molecular flexibility index (Phi) is 3.52. The zero-order chi connectivity index (χ0) is 13.3. The fraction of sp³-hybridized carbons (Fsp3) is 0.857. The Hall–Kier alpha value is -1.24. The van der Waals surface area contributed by atoms with Gasteiger partial charge in [-0.25, -0.2) is 4.79 Å². The van der Waals surface area contributed by atoms with E-state index in [1.165, 1.54) is 0 Å². The van der Waals surface area contributed by atoms with Crippen molar-refractivity contribution in [3.63, 3.8) is 0 Å². The summed E-state index contributed by atoms with van der Waals surface area (Å²) in [6.45, 7) is 6.40. The van der Waals surface area contributed by atoms with Gasteiger partial charge in [-0.05, 0) is 46.0 Å². The van der Waals surface area contributed by atoms with Crippen LogP contribution in [-0.2, 0) is 4.74 Å². The van der Waals surface area contributed by atoms with Crippen molar-refractivity contribution in [2.75, 3.05) is 6.54 Å². The number of carbonyl (C=O) groups excluding carboxylic acids is 1. The van der Waals surface area contributed by atoms with E-state index in [1.54, 1.807) is 0 Å². The predicted octanol–water partition coefficient (Wildman–Crippen LogP) is 2.94. The Morgan fingerprint density at radius 1 is 1.33 bits per heavy atom. The molecule has 0 aromatic carbocycles. The molecule has 4 heteroatoms. The van der Waals surface area contributed by atoms with Crippen LogP contribution < -0.4 is 0 Å². The van der Waals surface area contributed by atoms with Crippen molar-refractivity contribution in [1.82, 2.24) is 4.90 Å². The molecule has 0 N–H and O–H groups in total. The van der Waals surface area contributed by atoms with Crippen molar-refractivity contribution in [3.8, 4) is 6.07 Å². The average Bonchev–Trinajstić information content (AvgIpc) is 2.69. The maximum Gasteiger partial charge on any atom is 0.410 e. The number of ether oxygens (including phenoxy) is 1. The van der Waals surface area contributed by atoms with Crippen molar-refractivity contribution in [2.45, 2.75) is 58.1 Å². The lowest BCUT2D eigenvalue weighted by Gasteiger charge is -2.35. The molecule has 0 radical (unpaired) electrons. The summed E-state index contributed by atoms with van der Waals surface area (Å²) in [4.78, 5) is 14.0. The number of hydrogen-bond acceptors (Lipinski definition) is 3. The minimum Gasteiger partial charge on any atom is -0.444 e. The van der Waals surface area contributed by atoms with Gasteiger partial charge in [0.15, 0.2) is 0 Å². The summed E-state index contributed by atoms with van der Waals surface area (Å²) < 4.78 is 5.44. The van der Waals surface area contributed by atoms with Crippen molar-refractivity contribution in [2.24, 2.45) is 11.8 Å². The molecule has 3 atom stereocenters. The van der Waals surface area contributed by atoms with E-state index in [4.69, 9.17) is 10.00 Å². The van der Waals surface area contributed by atoms with E-state index >= 15 is 0 Å². The Balaban J connectivity index is 2.04. The van der Waals surface area contributed by atoms with E-state index < -0.39 is 5.60 Å². The second kappa shape index (κ2) is 4.79. The van der Waals surface area contributed by atoms with Gasteiger partial charge in [-0.15, -0.1) is 0 Å². The van der Waals surface area contributed by atoms with E-state index in [0.29, 0.717) is 5.92 Å². The largest absolute Gasteiger partial charge is 0.444 e. The van der Waals surface area contributed by atoms with E-state index in [9.17, 15) is 4.79 Å². The quantitative estimate of drug-likeness (QED) is 0.664. The molecule has 0 unspecified atom stereocenters. The molecule has 0 spiro atoms. The lowest BCUT2D eigenvalue weighted by atomic mass is 9.77. The zero-order valence-electron chi connectivity index (χ0n) is 11.5. The second-order valence-corrected chi connectivity index (χ2v) is 6.36. The summed E-state index contributed by atoms with van der Waals surface area (Å²) in [5.41, 5.74) is -0.446. The van der Waals surface area contributed by atoms with Crippen molar-refractivity contribution in [1.29, 1.82) is 5.26 Å². The molecule has 4 nitrogen and oxygen atoms in total. The molecule has 1 amide bonds. The van der Waals surface area contributed by atoms with Crippen LogP contribution in [0.1, 0.15) is 46.5 Å². The summed E-state index contributed by atoms with van der Waals surface area (Å²) >= 11 is 0. The Morgan fingerprint density at radius 2 is 2.06 bits per heavy atom. The molecule has 2 fully saturated rings. The molecule has 2 aliphatic rings. The monoisotopic (exact) mass is 250 g/mol. The van der Waals surface area contributed by atoms with Gasteiger partial charge in [0.2, 0.25) is 0 Å². The third-order valence-corrected chi connectivity index (χ3v) is 3.92. The third kappa shape index (κ3) is 2.60. The Morgan fingerprint density at radius 3 is 2.67 bits per heavy atom.